The molecule has 124 valence electrons. The number of benzene rings is 3. The van der Waals surface area contributed by atoms with Crippen LogP contribution in [0.4, 0.5) is 11.4 Å². The predicted molar refractivity (Wildman–Crippen MR) is 107 cm³/mol. The minimum Gasteiger partial charge on any atom is -0.508 e. The van der Waals surface area contributed by atoms with Gasteiger partial charge in [0.2, 0.25) is 0 Å². The molecule has 2 N–H and O–H groups in total. The molecule has 0 saturated carbocycles. The standard InChI is InChI=1S/C20H15IN2O2/c21-13-9-11-14(12-10-13)23-19(16-6-2-4-8-18(16)24)22-17-7-3-1-5-15(17)20(23)25/h1-12,19,22,24H/t19-/m0/s1. The van der Waals surface area contributed by atoms with Crippen LogP contribution in [-0.4, -0.2) is 11.0 Å². The summed E-state index contributed by atoms with van der Waals surface area (Å²) in [5, 5.41) is 13.7. The maximum Gasteiger partial charge on any atom is 0.262 e. The van der Waals surface area contributed by atoms with Gasteiger partial charge in [-0.2, -0.15) is 0 Å². The molecule has 3 aromatic rings. The molecule has 1 aliphatic heterocycles. The lowest BCUT2D eigenvalue weighted by molar-refractivity contribution is 0.0974. The Balaban J connectivity index is 1.89. The number of halogens is 1. The van der Waals surface area contributed by atoms with Crippen LogP contribution in [0.2, 0.25) is 0 Å². The van der Waals surface area contributed by atoms with Gasteiger partial charge in [0.05, 0.1) is 5.56 Å². The van der Waals surface area contributed by atoms with E-state index in [1.54, 1.807) is 17.0 Å². The smallest absolute Gasteiger partial charge is 0.262 e. The first-order valence-corrected chi connectivity index (χ1v) is 8.95. The van der Waals surface area contributed by atoms with Crippen molar-refractivity contribution in [1.82, 2.24) is 0 Å². The Morgan fingerprint density at radius 3 is 2.36 bits per heavy atom. The number of fused-ring (bicyclic) bond motifs is 1. The Labute approximate surface area is 159 Å². The molecule has 0 aromatic heterocycles. The number of hydrogen-bond donors (Lipinski definition) is 2. The van der Waals surface area contributed by atoms with Gasteiger partial charge in [-0.1, -0.05) is 30.3 Å². The first-order valence-electron chi connectivity index (χ1n) is 7.88. The van der Waals surface area contributed by atoms with Crippen LogP contribution < -0.4 is 10.2 Å². The van der Waals surface area contributed by atoms with Gasteiger partial charge in [-0.15, -0.1) is 0 Å². The fourth-order valence-corrected chi connectivity index (χ4v) is 3.42. The molecule has 0 unspecified atom stereocenters. The van der Waals surface area contributed by atoms with Gasteiger partial charge in [0.1, 0.15) is 11.9 Å². The van der Waals surface area contributed by atoms with Gasteiger partial charge >= 0.3 is 0 Å². The van der Waals surface area contributed by atoms with Crippen LogP contribution in [0.25, 0.3) is 0 Å². The van der Waals surface area contributed by atoms with E-state index in [1.165, 1.54) is 0 Å². The Morgan fingerprint density at radius 1 is 0.920 bits per heavy atom. The SMILES string of the molecule is O=C1c2ccccc2N[C@H](c2ccccc2O)N1c1ccc(I)cc1. The Bertz CT molecular complexity index is 940. The number of rotatable bonds is 2. The van der Waals surface area contributed by atoms with E-state index in [2.05, 4.69) is 27.9 Å². The minimum absolute atomic E-state index is 0.0937. The summed E-state index contributed by atoms with van der Waals surface area (Å²) >= 11 is 2.24. The molecule has 0 aliphatic carbocycles. The zero-order valence-electron chi connectivity index (χ0n) is 13.2. The summed E-state index contributed by atoms with van der Waals surface area (Å²) in [4.78, 5) is 14.9. The van der Waals surface area contributed by atoms with Crippen LogP contribution in [-0.2, 0) is 0 Å². The van der Waals surface area contributed by atoms with Crippen molar-refractivity contribution < 1.29 is 9.90 Å². The maximum atomic E-state index is 13.2. The Kier molecular flexibility index (Phi) is 4.09. The molecule has 0 saturated heterocycles. The van der Waals surface area contributed by atoms with Gasteiger partial charge in [-0.3, -0.25) is 9.69 Å². The number of phenols is 1. The van der Waals surface area contributed by atoms with Gasteiger partial charge in [0.25, 0.3) is 5.91 Å². The van der Waals surface area contributed by atoms with Gasteiger partial charge in [0.15, 0.2) is 0 Å². The summed E-state index contributed by atoms with van der Waals surface area (Å²) < 4.78 is 1.10. The van der Waals surface area contributed by atoms with E-state index < -0.39 is 6.17 Å². The van der Waals surface area contributed by atoms with Gasteiger partial charge < -0.3 is 10.4 Å². The summed E-state index contributed by atoms with van der Waals surface area (Å²) in [6.45, 7) is 0. The minimum atomic E-state index is -0.483. The highest BCUT2D eigenvalue weighted by Crippen LogP contribution is 2.39. The van der Waals surface area contributed by atoms with E-state index in [1.807, 2.05) is 60.7 Å². The lowest BCUT2D eigenvalue weighted by Crippen LogP contribution is -2.43. The van der Waals surface area contributed by atoms with Gasteiger partial charge in [0, 0.05) is 20.5 Å². The number of hydrogen-bond acceptors (Lipinski definition) is 3. The van der Waals surface area contributed by atoms with Crippen molar-refractivity contribution in [3.8, 4) is 5.75 Å². The van der Waals surface area contributed by atoms with Crippen molar-refractivity contribution in [3.63, 3.8) is 0 Å². The molecule has 1 amide bonds. The van der Waals surface area contributed by atoms with E-state index in [-0.39, 0.29) is 11.7 Å². The number of nitrogens with zero attached hydrogens (tertiary/aromatic N) is 1. The highest BCUT2D eigenvalue weighted by Gasteiger charge is 2.35. The quantitative estimate of drug-likeness (QED) is 0.563. The van der Waals surface area contributed by atoms with Crippen LogP contribution in [0, 0.1) is 3.57 Å². The molecule has 3 aromatic carbocycles. The van der Waals surface area contributed by atoms with Crippen molar-refractivity contribution in [2.45, 2.75) is 6.17 Å². The van der Waals surface area contributed by atoms with E-state index in [9.17, 15) is 9.90 Å². The average Bonchev–Trinajstić information content (AvgIpc) is 2.63. The van der Waals surface area contributed by atoms with Gasteiger partial charge in [-0.25, -0.2) is 0 Å². The number of para-hydroxylation sites is 2. The third-order valence-corrected chi connectivity index (χ3v) is 4.98. The predicted octanol–water partition coefficient (Wildman–Crippen LogP) is 4.77. The lowest BCUT2D eigenvalue weighted by Gasteiger charge is -2.38. The number of phenolic OH excluding ortho intramolecular Hbond substituents is 1. The monoisotopic (exact) mass is 442 g/mol. The summed E-state index contributed by atoms with van der Waals surface area (Å²) in [6.07, 6.45) is -0.483. The van der Waals surface area contributed by atoms with Crippen molar-refractivity contribution in [3.05, 3.63) is 87.5 Å². The molecule has 1 aliphatic rings. The highest BCUT2D eigenvalue weighted by molar-refractivity contribution is 14.1. The third-order valence-electron chi connectivity index (χ3n) is 4.26. The maximum absolute atomic E-state index is 13.2. The Hall–Kier alpha value is -2.54. The van der Waals surface area contributed by atoms with Crippen molar-refractivity contribution in [1.29, 1.82) is 0 Å². The number of carbonyl (C=O) groups is 1. The van der Waals surface area contributed by atoms with E-state index in [0.29, 0.717) is 11.1 Å². The number of nitrogens with one attached hydrogen (secondary N) is 1. The number of aromatic hydroxyl groups is 1. The molecular weight excluding hydrogens is 427 g/mol. The van der Waals surface area contributed by atoms with Crippen molar-refractivity contribution in [2.75, 3.05) is 10.2 Å². The molecular formula is C20H15IN2O2. The third kappa shape index (κ3) is 2.84. The van der Waals surface area contributed by atoms with Crippen LogP contribution >= 0.6 is 22.6 Å². The molecule has 4 nitrogen and oxygen atoms in total. The zero-order chi connectivity index (χ0) is 17.4. The molecule has 0 radical (unpaired) electrons. The first kappa shape index (κ1) is 16.0. The summed E-state index contributed by atoms with van der Waals surface area (Å²) in [6, 6.07) is 22.3. The van der Waals surface area contributed by atoms with E-state index in [4.69, 9.17) is 0 Å². The molecule has 25 heavy (non-hydrogen) atoms. The molecule has 5 heteroatoms. The first-order chi connectivity index (χ1) is 12.1. The summed E-state index contributed by atoms with van der Waals surface area (Å²) in [7, 11) is 0. The van der Waals surface area contributed by atoms with Crippen LogP contribution in [0.3, 0.4) is 0 Å². The second-order valence-electron chi connectivity index (χ2n) is 5.80. The molecule has 4 rings (SSSR count). The molecule has 1 heterocycles. The zero-order valence-corrected chi connectivity index (χ0v) is 15.3. The largest absolute Gasteiger partial charge is 0.508 e. The van der Waals surface area contributed by atoms with Crippen molar-refractivity contribution in [2.24, 2.45) is 0 Å². The van der Waals surface area contributed by atoms with E-state index >= 15 is 0 Å². The molecule has 0 spiro atoms. The summed E-state index contributed by atoms with van der Waals surface area (Å²) in [5.41, 5.74) is 2.82. The van der Waals surface area contributed by atoms with Crippen LogP contribution in [0.1, 0.15) is 22.1 Å². The highest BCUT2D eigenvalue weighted by atomic mass is 127. The average molecular weight is 442 g/mol. The normalized spacial score (nSPS) is 16.3. The van der Waals surface area contributed by atoms with Crippen molar-refractivity contribution >= 4 is 39.9 Å². The summed E-state index contributed by atoms with van der Waals surface area (Å²) in [5.74, 6) is 0.0616. The fourth-order valence-electron chi connectivity index (χ4n) is 3.06. The van der Waals surface area contributed by atoms with Crippen LogP contribution in [0.5, 0.6) is 5.75 Å². The van der Waals surface area contributed by atoms with Gasteiger partial charge in [-0.05, 0) is 65.1 Å². The molecule has 0 fully saturated rings. The number of carbonyl (C=O) groups excluding carboxylic acids is 1. The Morgan fingerprint density at radius 2 is 1.60 bits per heavy atom. The molecule has 0 bridgehead atoms. The second kappa shape index (κ2) is 6.40. The van der Waals surface area contributed by atoms with Crippen LogP contribution in [0.15, 0.2) is 72.8 Å². The number of amides is 1. The topological polar surface area (TPSA) is 52.6 Å². The lowest BCUT2D eigenvalue weighted by atomic mass is 10.0. The second-order valence-corrected chi connectivity index (χ2v) is 7.05. The fraction of sp³-hybridized carbons (Fsp3) is 0.0500. The number of anilines is 2. The van der Waals surface area contributed by atoms with E-state index in [0.717, 1.165) is 14.9 Å². The molecule has 1 atom stereocenters.